The Kier molecular flexibility index (Phi) is 4.61. The van der Waals surface area contributed by atoms with Crippen LogP contribution < -0.4 is 0 Å². The summed E-state index contributed by atoms with van der Waals surface area (Å²) < 4.78 is 10.5. The van der Waals surface area contributed by atoms with Gasteiger partial charge < -0.3 is 19.7 Å². The van der Waals surface area contributed by atoms with Crippen LogP contribution in [0.3, 0.4) is 0 Å². The molecule has 0 aromatic rings. The first kappa shape index (κ1) is 12.5. The first-order valence-corrected chi connectivity index (χ1v) is 5.10. The predicted octanol–water partition coefficient (Wildman–Crippen LogP) is -1.50. The van der Waals surface area contributed by atoms with E-state index in [1.807, 2.05) is 0 Å². The molecule has 1 rings (SSSR count). The summed E-state index contributed by atoms with van der Waals surface area (Å²) in [4.78, 5) is 0. The van der Waals surface area contributed by atoms with Gasteiger partial charge in [-0.05, 0) is 0 Å². The van der Waals surface area contributed by atoms with Gasteiger partial charge in [-0.25, -0.2) is 0 Å². The van der Waals surface area contributed by atoms with E-state index in [1.165, 1.54) is 0 Å². The maximum Gasteiger partial charge on any atom is 0.146 e. The summed E-state index contributed by atoms with van der Waals surface area (Å²) in [5, 5.41) is 18.7. The Morgan fingerprint density at radius 1 is 1.67 bits per heavy atom. The summed E-state index contributed by atoms with van der Waals surface area (Å²) in [6, 6.07) is -0.316. The van der Waals surface area contributed by atoms with Crippen LogP contribution in [0.25, 0.3) is 0 Å². The van der Waals surface area contributed by atoms with Gasteiger partial charge in [0.1, 0.15) is 13.4 Å². The lowest BCUT2D eigenvalue weighted by Crippen LogP contribution is -2.36. The Bertz CT molecular complexity index is 260. The van der Waals surface area contributed by atoms with E-state index in [0.717, 1.165) is 0 Å². The fourth-order valence-corrected chi connectivity index (χ4v) is 1.67. The van der Waals surface area contributed by atoms with E-state index in [2.05, 4.69) is 11.8 Å². The van der Waals surface area contributed by atoms with Crippen LogP contribution in [0.5, 0.6) is 0 Å². The quantitative estimate of drug-likeness (QED) is 0.441. The highest BCUT2D eigenvalue weighted by Gasteiger charge is 2.43. The smallest absolute Gasteiger partial charge is 0.146 e. The van der Waals surface area contributed by atoms with Crippen molar-refractivity contribution in [2.45, 2.75) is 30.5 Å². The third kappa shape index (κ3) is 3.21. The predicted molar refractivity (Wildman–Crippen MR) is 58.1 cm³/mol. The Morgan fingerprint density at radius 2 is 2.40 bits per heavy atom. The fraction of sp³-hybridized carbons (Fsp3) is 0.800. The van der Waals surface area contributed by atoms with E-state index in [-0.39, 0.29) is 18.7 Å². The van der Waals surface area contributed by atoms with Crippen LogP contribution in [0, 0.1) is 11.8 Å². The molecular formula is C10H17BO4. The SMILES string of the molecule is BC1OC(COC)C[C@@]1(O)C#CCCO. The highest BCUT2D eigenvalue weighted by atomic mass is 16.5. The molecule has 1 fully saturated rings. The van der Waals surface area contributed by atoms with Gasteiger partial charge in [0.15, 0.2) is 0 Å². The van der Waals surface area contributed by atoms with Gasteiger partial charge in [0.2, 0.25) is 0 Å². The van der Waals surface area contributed by atoms with Crippen molar-refractivity contribution < 1.29 is 19.7 Å². The zero-order valence-corrected chi connectivity index (χ0v) is 9.19. The lowest BCUT2D eigenvalue weighted by molar-refractivity contribution is 0.00634. The van der Waals surface area contributed by atoms with Crippen LogP contribution >= 0.6 is 0 Å². The Balaban J connectivity index is 2.58. The fourth-order valence-electron chi connectivity index (χ4n) is 1.67. The molecule has 0 bridgehead atoms. The molecule has 5 heteroatoms. The molecule has 0 aromatic carbocycles. The number of aliphatic hydroxyl groups is 2. The zero-order valence-electron chi connectivity index (χ0n) is 9.19. The molecule has 1 saturated heterocycles. The van der Waals surface area contributed by atoms with Crippen molar-refractivity contribution in [3.8, 4) is 11.8 Å². The van der Waals surface area contributed by atoms with E-state index < -0.39 is 5.60 Å². The Hall–Kier alpha value is -0.535. The molecule has 84 valence electrons. The van der Waals surface area contributed by atoms with Crippen molar-refractivity contribution in [1.29, 1.82) is 0 Å². The number of hydrogen-bond donors (Lipinski definition) is 2. The van der Waals surface area contributed by atoms with Crippen molar-refractivity contribution in [3.63, 3.8) is 0 Å². The van der Waals surface area contributed by atoms with Gasteiger partial charge in [-0.15, -0.1) is 0 Å². The molecule has 2 N–H and O–H groups in total. The van der Waals surface area contributed by atoms with Crippen molar-refractivity contribution >= 4 is 7.85 Å². The van der Waals surface area contributed by atoms with Crippen LogP contribution in [0.1, 0.15) is 12.8 Å². The first-order chi connectivity index (χ1) is 7.12. The lowest BCUT2D eigenvalue weighted by Gasteiger charge is -2.18. The minimum atomic E-state index is -1.10. The molecule has 1 aliphatic rings. The van der Waals surface area contributed by atoms with Crippen LogP contribution in [0.2, 0.25) is 0 Å². The van der Waals surface area contributed by atoms with Gasteiger partial charge in [0, 0.05) is 20.0 Å². The van der Waals surface area contributed by atoms with Crippen LogP contribution in [-0.4, -0.2) is 56.1 Å². The second-order valence-corrected chi connectivity index (χ2v) is 3.76. The highest BCUT2D eigenvalue weighted by Crippen LogP contribution is 2.28. The summed E-state index contributed by atoms with van der Waals surface area (Å²) in [5.74, 6) is 5.50. The minimum absolute atomic E-state index is 0.0137. The van der Waals surface area contributed by atoms with Gasteiger partial charge in [-0.2, -0.15) is 0 Å². The van der Waals surface area contributed by atoms with E-state index in [9.17, 15) is 5.11 Å². The van der Waals surface area contributed by atoms with Gasteiger partial charge >= 0.3 is 0 Å². The maximum atomic E-state index is 10.1. The van der Waals surface area contributed by atoms with Crippen molar-refractivity contribution in [3.05, 3.63) is 0 Å². The highest BCUT2D eigenvalue weighted by molar-refractivity contribution is 6.12. The van der Waals surface area contributed by atoms with Gasteiger partial charge in [0.05, 0.1) is 25.3 Å². The molecule has 0 amide bonds. The van der Waals surface area contributed by atoms with E-state index >= 15 is 0 Å². The molecule has 2 unspecified atom stereocenters. The van der Waals surface area contributed by atoms with Crippen molar-refractivity contribution in [1.82, 2.24) is 0 Å². The second-order valence-electron chi connectivity index (χ2n) is 3.76. The van der Waals surface area contributed by atoms with E-state index in [1.54, 1.807) is 15.0 Å². The summed E-state index contributed by atoms with van der Waals surface area (Å²) >= 11 is 0. The summed E-state index contributed by atoms with van der Waals surface area (Å²) in [7, 11) is 3.39. The molecular weight excluding hydrogens is 195 g/mol. The maximum absolute atomic E-state index is 10.1. The molecule has 4 nitrogen and oxygen atoms in total. The van der Waals surface area contributed by atoms with Crippen LogP contribution in [-0.2, 0) is 9.47 Å². The summed E-state index contributed by atoms with van der Waals surface area (Å²) in [6.07, 6.45) is 0.739. The van der Waals surface area contributed by atoms with Gasteiger partial charge in [-0.1, -0.05) is 11.8 Å². The van der Waals surface area contributed by atoms with E-state index in [0.29, 0.717) is 19.4 Å². The average molecular weight is 212 g/mol. The Labute approximate surface area is 91.0 Å². The number of methoxy groups -OCH3 is 1. The molecule has 0 spiro atoms. The number of hydrogen-bond acceptors (Lipinski definition) is 4. The number of rotatable bonds is 3. The third-order valence-electron chi connectivity index (χ3n) is 2.50. The van der Waals surface area contributed by atoms with Gasteiger partial charge in [-0.3, -0.25) is 0 Å². The second kappa shape index (κ2) is 5.52. The molecule has 15 heavy (non-hydrogen) atoms. The topological polar surface area (TPSA) is 58.9 Å². The summed E-state index contributed by atoms with van der Waals surface area (Å²) in [6.45, 7) is 0.480. The Morgan fingerprint density at radius 3 is 3.00 bits per heavy atom. The largest absolute Gasteiger partial charge is 0.395 e. The van der Waals surface area contributed by atoms with Crippen LogP contribution in [0.15, 0.2) is 0 Å². The van der Waals surface area contributed by atoms with Gasteiger partial charge in [0.25, 0.3) is 0 Å². The number of aliphatic hydroxyl groups excluding tert-OH is 1. The summed E-state index contributed by atoms with van der Waals surface area (Å²) in [5.41, 5.74) is -1.10. The number of ether oxygens (including phenoxy) is 2. The van der Waals surface area contributed by atoms with Crippen LogP contribution in [0.4, 0.5) is 0 Å². The minimum Gasteiger partial charge on any atom is -0.395 e. The first-order valence-electron chi connectivity index (χ1n) is 5.10. The van der Waals surface area contributed by atoms with Crippen molar-refractivity contribution in [2.75, 3.05) is 20.3 Å². The molecule has 1 heterocycles. The molecule has 0 aromatic heterocycles. The molecule has 0 saturated carbocycles. The third-order valence-corrected chi connectivity index (χ3v) is 2.50. The lowest BCUT2D eigenvalue weighted by atomic mass is 9.82. The molecule has 1 aliphatic heterocycles. The standard InChI is InChI=1S/C10H17BO4/c1-14-7-8-6-10(13,9(11)15-8)4-2-3-5-12/h8-9,12-13H,3,5-7,11H2,1H3/t8?,9?,10-/m0/s1. The van der Waals surface area contributed by atoms with Crippen molar-refractivity contribution in [2.24, 2.45) is 0 Å². The monoisotopic (exact) mass is 212 g/mol. The molecule has 0 radical (unpaired) electrons. The normalized spacial score (nSPS) is 34.9. The van der Waals surface area contributed by atoms with E-state index in [4.69, 9.17) is 14.6 Å². The molecule has 3 atom stereocenters. The molecule has 0 aliphatic carbocycles. The average Bonchev–Trinajstić information content (AvgIpc) is 2.44. The zero-order chi connectivity index (χ0) is 11.3.